The maximum atomic E-state index is 12.3. The molecular formula is C16H26Cl2N4O2. The summed E-state index contributed by atoms with van der Waals surface area (Å²) in [6.45, 7) is 3.20. The van der Waals surface area contributed by atoms with Crippen LogP contribution in [0.4, 0.5) is 11.5 Å². The van der Waals surface area contributed by atoms with E-state index in [0.29, 0.717) is 31.7 Å². The summed E-state index contributed by atoms with van der Waals surface area (Å²) in [5, 5.41) is 2.88. The summed E-state index contributed by atoms with van der Waals surface area (Å²) in [5.74, 6) is 0.828. The fraction of sp³-hybridized carbons (Fsp3) is 0.625. The zero-order valence-corrected chi connectivity index (χ0v) is 15.3. The molecular weight excluding hydrogens is 351 g/mol. The van der Waals surface area contributed by atoms with Crippen LogP contribution in [-0.4, -0.2) is 42.7 Å². The van der Waals surface area contributed by atoms with E-state index in [1.807, 2.05) is 12.1 Å². The van der Waals surface area contributed by atoms with Crippen LogP contribution in [-0.2, 0) is 9.53 Å². The van der Waals surface area contributed by atoms with E-state index in [-0.39, 0.29) is 30.7 Å². The van der Waals surface area contributed by atoms with Gasteiger partial charge in [-0.3, -0.25) is 4.79 Å². The van der Waals surface area contributed by atoms with Gasteiger partial charge in [-0.2, -0.15) is 0 Å². The number of nitrogens with zero attached hydrogens (tertiary/aromatic N) is 2. The molecule has 3 heterocycles. The minimum atomic E-state index is -0.830. The summed E-state index contributed by atoms with van der Waals surface area (Å²) in [6.07, 6.45) is 6.56. The third-order valence-electron chi connectivity index (χ3n) is 4.52. The van der Waals surface area contributed by atoms with Crippen LogP contribution in [0.5, 0.6) is 0 Å². The molecule has 1 aromatic heterocycles. The number of nitrogens with two attached hydrogens (primary N) is 1. The topological polar surface area (TPSA) is 80.5 Å². The first-order valence-electron chi connectivity index (χ1n) is 8.06. The lowest BCUT2D eigenvalue weighted by Gasteiger charge is -2.31. The molecule has 0 radical (unpaired) electrons. The quantitative estimate of drug-likeness (QED) is 0.845. The molecule has 0 spiro atoms. The molecule has 24 heavy (non-hydrogen) atoms. The second kappa shape index (κ2) is 9.42. The summed E-state index contributed by atoms with van der Waals surface area (Å²) in [5.41, 5.74) is 6.04. The number of pyridine rings is 1. The Morgan fingerprint density at radius 1 is 1.17 bits per heavy atom. The number of piperidine rings is 1. The number of halogens is 2. The fourth-order valence-corrected chi connectivity index (χ4v) is 2.99. The first-order valence-corrected chi connectivity index (χ1v) is 8.06. The van der Waals surface area contributed by atoms with E-state index < -0.39 is 5.54 Å². The van der Waals surface area contributed by atoms with Gasteiger partial charge in [-0.25, -0.2) is 4.98 Å². The van der Waals surface area contributed by atoms with Crippen LogP contribution in [0.3, 0.4) is 0 Å². The van der Waals surface area contributed by atoms with E-state index in [0.717, 1.165) is 18.9 Å². The summed E-state index contributed by atoms with van der Waals surface area (Å²) in [6, 6.07) is 3.87. The van der Waals surface area contributed by atoms with Gasteiger partial charge in [-0.15, -0.1) is 24.8 Å². The number of aromatic nitrogens is 1. The number of rotatable bonds is 3. The molecule has 6 nitrogen and oxygen atoms in total. The van der Waals surface area contributed by atoms with E-state index >= 15 is 0 Å². The maximum Gasteiger partial charge on any atom is 0.244 e. The van der Waals surface area contributed by atoms with Gasteiger partial charge in [0.1, 0.15) is 11.4 Å². The van der Waals surface area contributed by atoms with E-state index in [4.69, 9.17) is 10.5 Å². The smallest absolute Gasteiger partial charge is 0.244 e. The van der Waals surface area contributed by atoms with E-state index in [1.165, 1.54) is 19.3 Å². The third kappa shape index (κ3) is 4.96. The normalized spacial score (nSPS) is 19.6. The second-order valence-electron chi connectivity index (χ2n) is 6.18. The predicted molar refractivity (Wildman–Crippen MR) is 100 cm³/mol. The van der Waals surface area contributed by atoms with Crippen molar-refractivity contribution in [1.82, 2.24) is 4.98 Å². The zero-order valence-electron chi connectivity index (χ0n) is 13.7. The molecule has 2 fully saturated rings. The van der Waals surface area contributed by atoms with Crippen LogP contribution < -0.4 is 16.0 Å². The highest BCUT2D eigenvalue weighted by Crippen LogP contribution is 2.22. The molecule has 0 atom stereocenters. The zero-order chi connectivity index (χ0) is 15.4. The molecule has 2 saturated heterocycles. The standard InChI is InChI=1S/C16H24N4O2.2ClH/c17-16(6-10-22-11-7-16)15(21)19-13-4-5-14(18-12-13)20-8-2-1-3-9-20;;/h4-5,12H,1-3,6-11,17H2,(H,19,21);2*1H. The number of hydrogen-bond donors (Lipinski definition) is 2. The Morgan fingerprint density at radius 2 is 1.83 bits per heavy atom. The Morgan fingerprint density at radius 3 is 2.42 bits per heavy atom. The molecule has 0 unspecified atom stereocenters. The van der Waals surface area contributed by atoms with Gasteiger partial charge < -0.3 is 20.7 Å². The Hall–Kier alpha value is -1.08. The Balaban J connectivity index is 0.00000144. The van der Waals surface area contributed by atoms with Crippen molar-refractivity contribution in [1.29, 1.82) is 0 Å². The molecule has 0 bridgehead atoms. The molecule has 1 amide bonds. The lowest BCUT2D eigenvalue weighted by Crippen LogP contribution is -2.54. The van der Waals surface area contributed by atoms with Crippen LogP contribution in [0.25, 0.3) is 0 Å². The van der Waals surface area contributed by atoms with Gasteiger partial charge in [0.05, 0.1) is 11.9 Å². The van der Waals surface area contributed by atoms with Crippen LogP contribution in [0.15, 0.2) is 18.3 Å². The minimum absolute atomic E-state index is 0. The van der Waals surface area contributed by atoms with Gasteiger partial charge >= 0.3 is 0 Å². The van der Waals surface area contributed by atoms with Crippen molar-refractivity contribution in [3.63, 3.8) is 0 Å². The molecule has 0 saturated carbocycles. The highest BCUT2D eigenvalue weighted by molar-refractivity contribution is 5.98. The molecule has 3 rings (SSSR count). The monoisotopic (exact) mass is 376 g/mol. The predicted octanol–water partition coefficient (Wildman–Crippen LogP) is 2.36. The van der Waals surface area contributed by atoms with Gasteiger partial charge in [0, 0.05) is 26.3 Å². The van der Waals surface area contributed by atoms with Gasteiger partial charge in [-0.1, -0.05) is 0 Å². The Labute approximate surface area is 155 Å². The number of carbonyl (C=O) groups is 1. The highest BCUT2D eigenvalue weighted by Gasteiger charge is 2.35. The van der Waals surface area contributed by atoms with Crippen molar-refractivity contribution in [3.05, 3.63) is 18.3 Å². The van der Waals surface area contributed by atoms with Crippen molar-refractivity contribution in [3.8, 4) is 0 Å². The molecule has 0 aliphatic carbocycles. The number of hydrogen-bond acceptors (Lipinski definition) is 5. The van der Waals surface area contributed by atoms with Crippen LogP contribution in [0.2, 0.25) is 0 Å². The summed E-state index contributed by atoms with van der Waals surface area (Å²) < 4.78 is 5.27. The summed E-state index contributed by atoms with van der Waals surface area (Å²) >= 11 is 0. The second-order valence-corrected chi connectivity index (χ2v) is 6.18. The molecule has 2 aliphatic heterocycles. The van der Waals surface area contributed by atoms with E-state index in [2.05, 4.69) is 15.2 Å². The number of ether oxygens (including phenoxy) is 1. The van der Waals surface area contributed by atoms with Crippen LogP contribution in [0, 0.1) is 0 Å². The average Bonchev–Trinajstić information content (AvgIpc) is 2.57. The van der Waals surface area contributed by atoms with Crippen molar-refractivity contribution in [2.75, 3.05) is 36.5 Å². The maximum absolute atomic E-state index is 12.3. The summed E-state index contributed by atoms with van der Waals surface area (Å²) in [7, 11) is 0. The van der Waals surface area contributed by atoms with Crippen molar-refractivity contribution < 1.29 is 9.53 Å². The lowest BCUT2D eigenvalue weighted by molar-refractivity contribution is -0.124. The lowest BCUT2D eigenvalue weighted by atomic mass is 9.90. The van der Waals surface area contributed by atoms with Gasteiger partial charge in [0.15, 0.2) is 0 Å². The van der Waals surface area contributed by atoms with Gasteiger partial charge in [0.25, 0.3) is 0 Å². The average molecular weight is 377 g/mol. The molecule has 0 aromatic carbocycles. The SMILES string of the molecule is Cl.Cl.NC1(C(=O)Nc2ccc(N3CCCCC3)nc2)CCOCC1. The summed E-state index contributed by atoms with van der Waals surface area (Å²) in [4.78, 5) is 19.1. The number of anilines is 2. The Bertz CT molecular complexity index is 515. The first kappa shape index (κ1) is 21.0. The molecule has 8 heteroatoms. The van der Waals surface area contributed by atoms with E-state index in [9.17, 15) is 4.79 Å². The largest absolute Gasteiger partial charge is 0.381 e. The highest BCUT2D eigenvalue weighted by atomic mass is 35.5. The third-order valence-corrected chi connectivity index (χ3v) is 4.52. The molecule has 136 valence electrons. The number of amides is 1. The Kier molecular flexibility index (Phi) is 8.22. The van der Waals surface area contributed by atoms with Crippen molar-refractivity contribution in [2.45, 2.75) is 37.6 Å². The van der Waals surface area contributed by atoms with Crippen molar-refractivity contribution in [2.24, 2.45) is 5.73 Å². The van der Waals surface area contributed by atoms with E-state index in [1.54, 1.807) is 6.20 Å². The molecule has 1 aromatic rings. The van der Waals surface area contributed by atoms with Crippen LogP contribution in [0.1, 0.15) is 32.1 Å². The number of nitrogens with one attached hydrogen (secondary N) is 1. The van der Waals surface area contributed by atoms with Crippen molar-refractivity contribution >= 4 is 42.2 Å². The first-order chi connectivity index (χ1) is 10.7. The number of carbonyl (C=O) groups excluding carboxylic acids is 1. The molecule has 3 N–H and O–H groups in total. The van der Waals surface area contributed by atoms with Crippen LogP contribution >= 0.6 is 24.8 Å². The molecule has 2 aliphatic rings. The minimum Gasteiger partial charge on any atom is -0.381 e. The fourth-order valence-electron chi connectivity index (χ4n) is 2.99. The van der Waals surface area contributed by atoms with Gasteiger partial charge in [0.2, 0.25) is 5.91 Å². The van der Waals surface area contributed by atoms with Gasteiger partial charge in [-0.05, 0) is 44.2 Å².